The van der Waals surface area contributed by atoms with Gasteiger partial charge in [0, 0.05) is 31.7 Å². The maximum Gasteiger partial charge on any atom is 0.318 e. The standard InChI is InChI=1S/C26H27N3O3/c1-32-24-14-12-23(13-15-24)29-19-22(16-25(29)30)27-26(31)28(17-20-8-4-2-5-9-20)18-21-10-6-3-7-11-21/h2-15,22H,16-19H2,1H3,(H,27,31)/t22-/m0/s1. The van der Waals surface area contributed by atoms with E-state index in [-0.39, 0.29) is 24.4 Å². The number of anilines is 1. The molecule has 6 heteroatoms. The van der Waals surface area contributed by atoms with Gasteiger partial charge in [0.1, 0.15) is 5.75 Å². The van der Waals surface area contributed by atoms with Crippen LogP contribution < -0.4 is 15.0 Å². The van der Waals surface area contributed by atoms with Crippen LogP contribution in [0.4, 0.5) is 10.5 Å². The number of carbonyl (C=O) groups is 2. The average Bonchev–Trinajstić information content (AvgIpc) is 3.19. The lowest BCUT2D eigenvalue weighted by Crippen LogP contribution is -2.45. The molecule has 1 atom stereocenters. The molecule has 0 radical (unpaired) electrons. The smallest absolute Gasteiger partial charge is 0.318 e. The summed E-state index contributed by atoms with van der Waals surface area (Å²) in [5, 5.41) is 3.07. The van der Waals surface area contributed by atoms with Crippen LogP contribution in [0.2, 0.25) is 0 Å². The quantitative estimate of drug-likeness (QED) is 0.612. The number of carbonyl (C=O) groups excluding carboxylic acids is 2. The number of urea groups is 1. The lowest BCUT2D eigenvalue weighted by atomic mass is 10.1. The van der Waals surface area contributed by atoms with E-state index < -0.39 is 0 Å². The molecule has 1 aliphatic rings. The molecule has 1 heterocycles. The van der Waals surface area contributed by atoms with Crippen LogP contribution >= 0.6 is 0 Å². The first kappa shape index (κ1) is 21.4. The third-order valence-corrected chi connectivity index (χ3v) is 5.56. The van der Waals surface area contributed by atoms with E-state index in [0.717, 1.165) is 22.6 Å². The van der Waals surface area contributed by atoms with Crippen molar-refractivity contribution in [3.05, 3.63) is 96.1 Å². The molecule has 164 valence electrons. The Kier molecular flexibility index (Phi) is 6.70. The van der Waals surface area contributed by atoms with Gasteiger partial charge in [-0.05, 0) is 35.4 Å². The summed E-state index contributed by atoms with van der Waals surface area (Å²) in [4.78, 5) is 29.3. The first-order chi connectivity index (χ1) is 15.6. The van der Waals surface area contributed by atoms with Crippen molar-refractivity contribution in [3.8, 4) is 5.75 Å². The zero-order valence-electron chi connectivity index (χ0n) is 18.1. The Hall–Kier alpha value is -3.80. The van der Waals surface area contributed by atoms with Gasteiger partial charge in [0.2, 0.25) is 5.91 Å². The number of hydrogen-bond donors (Lipinski definition) is 1. The number of nitrogens with one attached hydrogen (secondary N) is 1. The molecule has 3 amide bonds. The molecule has 0 bridgehead atoms. The minimum Gasteiger partial charge on any atom is -0.497 e. The van der Waals surface area contributed by atoms with Gasteiger partial charge in [0.05, 0.1) is 13.2 Å². The van der Waals surface area contributed by atoms with E-state index in [1.807, 2.05) is 84.9 Å². The van der Waals surface area contributed by atoms with E-state index in [0.29, 0.717) is 19.6 Å². The van der Waals surface area contributed by atoms with Gasteiger partial charge in [0.25, 0.3) is 0 Å². The average molecular weight is 430 g/mol. The lowest BCUT2D eigenvalue weighted by molar-refractivity contribution is -0.117. The molecule has 1 fully saturated rings. The van der Waals surface area contributed by atoms with Crippen molar-refractivity contribution < 1.29 is 14.3 Å². The SMILES string of the molecule is COc1ccc(N2C[C@@H](NC(=O)N(Cc3ccccc3)Cc3ccccc3)CC2=O)cc1. The van der Waals surface area contributed by atoms with E-state index in [9.17, 15) is 9.59 Å². The number of amides is 3. The van der Waals surface area contributed by atoms with E-state index >= 15 is 0 Å². The van der Waals surface area contributed by atoms with Crippen molar-refractivity contribution in [2.75, 3.05) is 18.6 Å². The Morgan fingerprint density at radius 2 is 1.50 bits per heavy atom. The van der Waals surface area contributed by atoms with E-state index in [1.165, 1.54) is 0 Å². The Morgan fingerprint density at radius 1 is 0.938 bits per heavy atom. The number of ether oxygens (including phenoxy) is 1. The zero-order valence-corrected chi connectivity index (χ0v) is 18.1. The highest BCUT2D eigenvalue weighted by Crippen LogP contribution is 2.24. The maximum atomic E-state index is 13.2. The van der Waals surface area contributed by atoms with Crippen LogP contribution in [0.1, 0.15) is 17.5 Å². The van der Waals surface area contributed by atoms with Crippen LogP contribution in [0.15, 0.2) is 84.9 Å². The Balaban J connectivity index is 1.44. The molecule has 0 saturated carbocycles. The summed E-state index contributed by atoms with van der Waals surface area (Å²) in [6, 6.07) is 26.8. The molecule has 0 aliphatic carbocycles. The van der Waals surface area contributed by atoms with Crippen LogP contribution in [-0.2, 0) is 17.9 Å². The lowest BCUT2D eigenvalue weighted by Gasteiger charge is -2.25. The Labute approximate surface area is 188 Å². The number of hydrogen-bond acceptors (Lipinski definition) is 3. The topological polar surface area (TPSA) is 61.9 Å². The predicted octanol–water partition coefficient (Wildman–Crippen LogP) is 4.21. The Morgan fingerprint density at radius 3 is 2.03 bits per heavy atom. The third kappa shape index (κ3) is 5.27. The van der Waals surface area contributed by atoms with E-state index in [4.69, 9.17) is 4.74 Å². The molecule has 0 unspecified atom stereocenters. The second kappa shape index (κ2) is 10.0. The summed E-state index contributed by atoms with van der Waals surface area (Å²) in [6.07, 6.45) is 0.280. The van der Waals surface area contributed by atoms with Crippen molar-refractivity contribution >= 4 is 17.6 Å². The van der Waals surface area contributed by atoms with Gasteiger partial charge in [0.15, 0.2) is 0 Å². The number of nitrogens with zero attached hydrogens (tertiary/aromatic N) is 2. The second-order valence-electron chi connectivity index (χ2n) is 7.88. The molecule has 3 aromatic rings. The van der Waals surface area contributed by atoms with Gasteiger partial charge in [-0.2, -0.15) is 0 Å². The number of methoxy groups -OCH3 is 1. The molecule has 1 aliphatic heterocycles. The van der Waals surface area contributed by atoms with Crippen molar-refractivity contribution in [2.45, 2.75) is 25.6 Å². The van der Waals surface area contributed by atoms with Crippen LogP contribution in [0, 0.1) is 0 Å². The molecule has 0 aromatic heterocycles. The van der Waals surface area contributed by atoms with Gasteiger partial charge in [-0.1, -0.05) is 60.7 Å². The normalized spacial score (nSPS) is 15.5. The summed E-state index contributed by atoms with van der Waals surface area (Å²) in [6.45, 7) is 1.43. The molecular weight excluding hydrogens is 402 g/mol. The van der Waals surface area contributed by atoms with Gasteiger partial charge in [-0.15, -0.1) is 0 Å². The molecule has 4 rings (SSSR count). The van der Waals surface area contributed by atoms with Crippen molar-refractivity contribution in [1.82, 2.24) is 10.2 Å². The fraction of sp³-hybridized carbons (Fsp3) is 0.231. The fourth-order valence-electron chi connectivity index (χ4n) is 3.89. The molecular formula is C26H27N3O3. The maximum absolute atomic E-state index is 13.2. The van der Waals surface area contributed by atoms with Crippen LogP contribution in [0.25, 0.3) is 0 Å². The highest BCUT2D eigenvalue weighted by atomic mass is 16.5. The summed E-state index contributed by atoms with van der Waals surface area (Å²) in [5.74, 6) is 0.737. The number of benzene rings is 3. The van der Waals surface area contributed by atoms with E-state index in [1.54, 1.807) is 16.9 Å². The zero-order chi connectivity index (χ0) is 22.3. The molecule has 3 aromatic carbocycles. The van der Waals surface area contributed by atoms with Crippen LogP contribution in [-0.4, -0.2) is 36.5 Å². The third-order valence-electron chi connectivity index (χ3n) is 5.56. The van der Waals surface area contributed by atoms with Crippen molar-refractivity contribution in [3.63, 3.8) is 0 Å². The van der Waals surface area contributed by atoms with Crippen LogP contribution in [0.3, 0.4) is 0 Å². The highest BCUT2D eigenvalue weighted by Gasteiger charge is 2.32. The van der Waals surface area contributed by atoms with Crippen molar-refractivity contribution in [1.29, 1.82) is 0 Å². The van der Waals surface area contributed by atoms with E-state index in [2.05, 4.69) is 5.32 Å². The predicted molar refractivity (Wildman–Crippen MR) is 124 cm³/mol. The minimum absolute atomic E-state index is 0.00173. The molecule has 1 N–H and O–H groups in total. The first-order valence-corrected chi connectivity index (χ1v) is 10.7. The first-order valence-electron chi connectivity index (χ1n) is 10.7. The van der Waals surface area contributed by atoms with Gasteiger partial charge >= 0.3 is 6.03 Å². The fourth-order valence-corrected chi connectivity index (χ4v) is 3.89. The molecule has 0 spiro atoms. The van der Waals surface area contributed by atoms with Gasteiger partial charge < -0.3 is 19.9 Å². The van der Waals surface area contributed by atoms with Crippen LogP contribution in [0.5, 0.6) is 5.75 Å². The monoisotopic (exact) mass is 429 g/mol. The number of rotatable bonds is 7. The molecule has 1 saturated heterocycles. The van der Waals surface area contributed by atoms with Gasteiger partial charge in [-0.25, -0.2) is 4.79 Å². The largest absolute Gasteiger partial charge is 0.497 e. The Bertz CT molecular complexity index is 997. The minimum atomic E-state index is -0.244. The van der Waals surface area contributed by atoms with Gasteiger partial charge in [-0.3, -0.25) is 4.79 Å². The van der Waals surface area contributed by atoms with Crippen molar-refractivity contribution in [2.24, 2.45) is 0 Å². The molecule has 32 heavy (non-hydrogen) atoms. The second-order valence-corrected chi connectivity index (χ2v) is 7.88. The summed E-state index contributed by atoms with van der Waals surface area (Å²) in [7, 11) is 1.61. The summed E-state index contributed by atoms with van der Waals surface area (Å²) in [5.41, 5.74) is 2.92. The summed E-state index contributed by atoms with van der Waals surface area (Å²) >= 11 is 0. The molecule has 6 nitrogen and oxygen atoms in total. The summed E-state index contributed by atoms with van der Waals surface area (Å²) < 4.78 is 5.19. The highest BCUT2D eigenvalue weighted by molar-refractivity contribution is 5.96.